The Morgan fingerprint density at radius 3 is 2.72 bits per heavy atom. The van der Waals surface area contributed by atoms with E-state index in [0.29, 0.717) is 16.4 Å². The molecule has 94 valence electrons. The van der Waals surface area contributed by atoms with Crippen molar-refractivity contribution in [2.24, 2.45) is 0 Å². The summed E-state index contributed by atoms with van der Waals surface area (Å²) in [6.07, 6.45) is 1.66. The molecule has 2 aromatic rings. The minimum Gasteiger partial charge on any atom is -0.298 e. The molecule has 2 N–H and O–H groups in total. The van der Waals surface area contributed by atoms with Gasteiger partial charge >= 0.3 is 0 Å². The number of carbonyl (C=O) groups is 1. The van der Waals surface area contributed by atoms with Crippen molar-refractivity contribution in [3.63, 3.8) is 0 Å². The molecule has 0 bridgehead atoms. The van der Waals surface area contributed by atoms with Crippen LogP contribution in [0.5, 0.6) is 0 Å². The van der Waals surface area contributed by atoms with E-state index in [9.17, 15) is 9.59 Å². The number of thiazole rings is 1. The van der Waals surface area contributed by atoms with E-state index >= 15 is 0 Å². The van der Waals surface area contributed by atoms with Gasteiger partial charge in [-0.2, -0.15) is 5.10 Å². The zero-order chi connectivity index (χ0) is 13.3. The molecule has 0 saturated heterocycles. The number of hydrogen-bond acceptors (Lipinski definition) is 5. The number of amides is 1. The van der Waals surface area contributed by atoms with E-state index in [-0.39, 0.29) is 5.56 Å². The summed E-state index contributed by atoms with van der Waals surface area (Å²) in [4.78, 5) is 28.7. The standard InChI is InChI=1S/C11H12N4O2S/c1-5-4-12-11(18-5)13-9(16)8-6(2)7(3)14-15-10(8)17/h4H,1-3H3,(H,15,17)(H,12,13,16). The lowest BCUT2D eigenvalue weighted by Crippen LogP contribution is -2.26. The van der Waals surface area contributed by atoms with E-state index in [1.807, 2.05) is 6.92 Å². The number of H-pyrrole nitrogens is 1. The van der Waals surface area contributed by atoms with Crippen molar-refractivity contribution in [3.05, 3.63) is 38.2 Å². The Labute approximate surface area is 107 Å². The van der Waals surface area contributed by atoms with Gasteiger partial charge in [-0.3, -0.25) is 14.9 Å². The molecule has 2 rings (SSSR count). The van der Waals surface area contributed by atoms with E-state index in [1.165, 1.54) is 11.3 Å². The summed E-state index contributed by atoms with van der Waals surface area (Å²) in [5.41, 5.74) is 0.777. The second kappa shape index (κ2) is 4.69. The average Bonchev–Trinajstić information content (AvgIpc) is 2.70. The molecule has 0 spiro atoms. The van der Waals surface area contributed by atoms with Crippen LogP contribution in [0, 0.1) is 20.8 Å². The van der Waals surface area contributed by atoms with Gasteiger partial charge < -0.3 is 0 Å². The molecule has 1 amide bonds. The molecule has 0 radical (unpaired) electrons. The molecule has 0 unspecified atom stereocenters. The zero-order valence-corrected chi connectivity index (χ0v) is 11.0. The first-order chi connectivity index (χ1) is 8.49. The third kappa shape index (κ3) is 2.30. The Balaban J connectivity index is 2.35. The van der Waals surface area contributed by atoms with Gasteiger partial charge in [0.15, 0.2) is 5.13 Å². The van der Waals surface area contributed by atoms with Crippen molar-refractivity contribution in [3.8, 4) is 0 Å². The summed E-state index contributed by atoms with van der Waals surface area (Å²) >= 11 is 1.36. The van der Waals surface area contributed by atoms with Gasteiger partial charge in [0.25, 0.3) is 11.5 Å². The lowest BCUT2D eigenvalue weighted by Gasteiger charge is -2.05. The third-order valence-corrected chi connectivity index (χ3v) is 3.37. The molecule has 7 heteroatoms. The summed E-state index contributed by atoms with van der Waals surface area (Å²) < 4.78 is 0. The maximum Gasteiger partial charge on any atom is 0.277 e. The Kier molecular flexibility index (Phi) is 3.24. The minimum absolute atomic E-state index is 0.0790. The molecule has 2 heterocycles. The number of hydrogen-bond donors (Lipinski definition) is 2. The Morgan fingerprint density at radius 1 is 1.39 bits per heavy atom. The highest BCUT2D eigenvalue weighted by Gasteiger charge is 2.17. The number of aryl methyl sites for hydroxylation is 2. The van der Waals surface area contributed by atoms with E-state index in [2.05, 4.69) is 20.5 Å². The van der Waals surface area contributed by atoms with Gasteiger partial charge in [0.2, 0.25) is 0 Å². The predicted molar refractivity (Wildman–Crippen MR) is 69.1 cm³/mol. The fraction of sp³-hybridized carbons (Fsp3) is 0.273. The van der Waals surface area contributed by atoms with Crippen LogP contribution in [0.1, 0.15) is 26.5 Å². The first-order valence-electron chi connectivity index (χ1n) is 5.28. The molecule has 0 atom stereocenters. The third-order valence-electron chi connectivity index (χ3n) is 2.54. The van der Waals surface area contributed by atoms with Crippen molar-refractivity contribution < 1.29 is 4.79 Å². The maximum atomic E-state index is 12.0. The monoisotopic (exact) mass is 264 g/mol. The van der Waals surface area contributed by atoms with Crippen LogP contribution in [0.25, 0.3) is 0 Å². The van der Waals surface area contributed by atoms with Crippen LogP contribution in [-0.4, -0.2) is 21.1 Å². The van der Waals surface area contributed by atoms with Gasteiger partial charge in [-0.15, -0.1) is 11.3 Å². The van der Waals surface area contributed by atoms with Gasteiger partial charge in [0.05, 0.1) is 5.69 Å². The summed E-state index contributed by atoms with van der Waals surface area (Å²) in [6.45, 7) is 5.32. The highest BCUT2D eigenvalue weighted by molar-refractivity contribution is 7.15. The molecule has 0 aromatic carbocycles. The number of carbonyl (C=O) groups excluding carboxylic acids is 1. The molecule has 0 aliphatic rings. The van der Waals surface area contributed by atoms with Crippen LogP contribution >= 0.6 is 11.3 Å². The number of aromatic amines is 1. The number of nitrogens with zero attached hydrogens (tertiary/aromatic N) is 2. The fourth-order valence-corrected chi connectivity index (χ4v) is 2.13. The second-order valence-corrected chi connectivity index (χ2v) is 5.10. The van der Waals surface area contributed by atoms with Gasteiger partial charge in [-0.25, -0.2) is 10.1 Å². The van der Waals surface area contributed by atoms with Gasteiger partial charge in [-0.05, 0) is 26.3 Å². The maximum absolute atomic E-state index is 12.0. The quantitative estimate of drug-likeness (QED) is 0.858. The van der Waals surface area contributed by atoms with Crippen molar-refractivity contribution >= 4 is 22.4 Å². The number of aromatic nitrogens is 3. The van der Waals surface area contributed by atoms with Gasteiger partial charge in [-0.1, -0.05) is 0 Å². The van der Waals surface area contributed by atoms with Crippen molar-refractivity contribution in [2.45, 2.75) is 20.8 Å². The summed E-state index contributed by atoms with van der Waals surface area (Å²) in [5, 5.41) is 9.19. The number of anilines is 1. The van der Waals surface area contributed by atoms with Gasteiger partial charge in [0.1, 0.15) is 5.56 Å². The Bertz CT molecular complexity index is 659. The van der Waals surface area contributed by atoms with Crippen LogP contribution in [0.4, 0.5) is 5.13 Å². The largest absolute Gasteiger partial charge is 0.298 e. The summed E-state index contributed by atoms with van der Waals surface area (Å²) in [6, 6.07) is 0. The fourth-order valence-electron chi connectivity index (χ4n) is 1.47. The zero-order valence-electron chi connectivity index (χ0n) is 10.2. The molecule has 0 aliphatic carbocycles. The minimum atomic E-state index is -0.496. The normalized spacial score (nSPS) is 10.4. The first-order valence-corrected chi connectivity index (χ1v) is 6.10. The Hall–Kier alpha value is -2.02. The van der Waals surface area contributed by atoms with Crippen LogP contribution in [0.3, 0.4) is 0 Å². The molecule has 2 aromatic heterocycles. The summed E-state index contributed by atoms with van der Waals surface area (Å²) in [7, 11) is 0. The molecule has 0 fully saturated rings. The summed E-state index contributed by atoms with van der Waals surface area (Å²) in [5.74, 6) is -0.464. The van der Waals surface area contributed by atoms with Crippen LogP contribution in [0.2, 0.25) is 0 Å². The smallest absolute Gasteiger partial charge is 0.277 e. The topological polar surface area (TPSA) is 87.7 Å². The Morgan fingerprint density at radius 2 is 2.11 bits per heavy atom. The lowest BCUT2D eigenvalue weighted by molar-refractivity contribution is 0.102. The van der Waals surface area contributed by atoms with E-state index in [0.717, 1.165) is 4.88 Å². The number of nitrogens with one attached hydrogen (secondary N) is 2. The molecule has 0 saturated carbocycles. The SMILES string of the molecule is Cc1cnc(NC(=O)c2c(C)c(C)n[nH]c2=O)s1. The van der Waals surface area contributed by atoms with Crippen molar-refractivity contribution in [1.29, 1.82) is 0 Å². The highest BCUT2D eigenvalue weighted by Crippen LogP contribution is 2.17. The second-order valence-electron chi connectivity index (χ2n) is 3.87. The number of rotatable bonds is 2. The lowest BCUT2D eigenvalue weighted by atomic mass is 10.1. The van der Waals surface area contributed by atoms with E-state index in [4.69, 9.17) is 0 Å². The molecule has 18 heavy (non-hydrogen) atoms. The van der Waals surface area contributed by atoms with Crippen molar-refractivity contribution in [1.82, 2.24) is 15.2 Å². The molecule has 6 nitrogen and oxygen atoms in total. The van der Waals surface area contributed by atoms with Gasteiger partial charge in [0, 0.05) is 11.1 Å². The van der Waals surface area contributed by atoms with Crippen molar-refractivity contribution in [2.75, 3.05) is 5.32 Å². The van der Waals surface area contributed by atoms with E-state index in [1.54, 1.807) is 20.0 Å². The highest BCUT2D eigenvalue weighted by atomic mass is 32.1. The first kappa shape index (κ1) is 12.4. The van der Waals surface area contributed by atoms with Crippen LogP contribution < -0.4 is 10.9 Å². The molecule has 0 aliphatic heterocycles. The van der Waals surface area contributed by atoms with Crippen LogP contribution in [0.15, 0.2) is 11.0 Å². The molecular weight excluding hydrogens is 252 g/mol. The predicted octanol–water partition coefficient (Wildman–Crippen LogP) is 1.40. The average molecular weight is 264 g/mol. The van der Waals surface area contributed by atoms with E-state index < -0.39 is 11.5 Å². The van der Waals surface area contributed by atoms with Crippen LogP contribution in [-0.2, 0) is 0 Å². The molecular formula is C11H12N4O2S.